The molecule has 0 spiro atoms. The van der Waals surface area contributed by atoms with Gasteiger partial charge in [0.25, 0.3) is 0 Å². The molecule has 1 aliphatic heterocycles. The van der Waals surface area contributed by atoms with Gasteiger partial charge in [-0.05, 0) is 62.1 Å². The van der Waals surface area contributed by atoms with Gasteiger partial charge in [-0.15, -0.1) is 0 Å². The van der Waals surface area contributed by atoms with Crippen LogP contribution in [0.1, 0.15) is 66.1 Å². The summed E-state index contributed by atoms with van der Waals surface area (Å²) in [6, 6.07) is 11.3. The first kappa shape index (κ1) is 21.8. The lowest BCUT2D eigenvalue weighted by molar-refractivity contribution is -0.121. The predicted octanol–water partition coefficient (Wildman–Crippen LogP) is 5.58. The molecule has 1 saturated carbocycles. The van der Waals surface area contributed by atoms with Crippen LogP contribution in [-0.2, 0) is 15.2 Å². The second-order valence-corrected chi connectivity index (χ2v) is 9.36. The summed E-state index contributed by atoms with van der Waals surface area (Å²) in [5, 5.41) is 8.30. The van der Waals surface area contributed by atoms with Crippen LogP contribution in [0.4, 0.5) is 0 Å². The molecule has 1 unspecified atom stereocenters. The van der Waals surface area contributed by atoms with Gasteiger partial charge in [-0.2, -0.15) is 0 Å². The minimum Gasteiger partial charge on any atom is -0.384 e. The number of nitrogens with one attached hydrogen (secondary N) is 1. The highest BCUT2D eigenvalue weighted by molar-refractivity contribution is 6.34. The molecule has 1 heterocycles. The van der Waals surface area contributed by atoms with E-state index < -0.39 is 5.60 Å². The summed E-state index contributed by atoms with van der Waals surface area (Å²) in [5.74, 6) is -0.0824. The van der Waals surface area contributed by atoms with Crippen LogP contribution < -0.4 is 5.32 Å². The van der Waals surface area contributed by atoms with Gasteiger partial charge in [0.1, 0.15) is 0 Å². The SMILES string of the molecule is Cc1cc(C2=NOC(C)(c3cc(Cl)cc(Cl)c3)C2)ccc1C(=O)CCC(=O)NC1CC1. The van der Waals surface area contributed by atoms with E-state index in [0.29, 0.717) is 28.1 Å². The van der Waals surface area contributed by atoms with Crippen molar-refractivity contribution in [3.8, 4) is 0 Å². The summed E-state index contributed by atoms with van der Waals surface area (Å²) in [6.45, 7) is 3.84. The van der Waals surface area contributed by atoms with E-state index in [9.17, 15) is 9.59 Å². The van der Waals surface area contributed by atoms with Crippen LogP contribution in [0.2, 0.25) is 10.0 Å². The summed E-state index contributed by atoms with van der Waals surface area (Å²) < 4.78 is 0. The molecule has 0 bridgehead atoms. The third kappa shape index (κ3) is 5.10. The number of ketones is 1. The molecule has 7 heteroatoms. The first-order valence-electron chi connectivity index (χ1n) is 10.4. The van der Waals surface area contributed by atoms with Crippen molar-refractivity contribution in [3.63, 3.8) is 0 Å². The van der Waals surface area contributed by atoms with Crippen molar-refractivity contribution in [2.24, 2.45) is 5.16 Å². The standard InChI is InChI=1S/C24H24Cl2N2O3/c1-14-9-15(3-6-20(14)22(29)7-8-23(30)27-19-4-5-19)21-13-24(2,31-28-21)16-10-17(25)12-18(26)11-16/h3,6,9-12,19H,4-5,7-8,13H2,1-2H3,(H,27,30). The van der Waals surface area contributed by atoms with Crippen LogP contribution >= 0.6 is 23.2 Å². The summed E-state index contributed by atoms with van der Waals surface area (Å²) in [7, 11) is 0. The average molecular weight is 459 g/mol. The second kappa shape index (κ2) is 8.64. The number of oxime groups is 1. The van der Waals surface area contributed by atoms with Crippen molar-refractivity contribution in [1.82, 2.24) is 5.32 Å². The van der Waals surface area contributed by atoms with Crippen LogP contribution in [0.25, 0.3) is 0 Å². The molecule has 2 aromatic rings. The highest BCUT2D eigenvalue weighted by Gasteiger charge is 2.37. The zero-order valence-corrected chi connectivity index (χ0v) is 19.0. The van der Waals surface area contributed by atoms with Crippen molar-refractivity contribution in [3.05, 3.63) is 68.7 Å². The number of hydrogen-bond acceptors (Lipinski definition) is 4. The van der Waals surface area contributed by atoms with E-state index in [-0.39, 0.29) is 24.5 Å². The van der Waals surface area contributed by atoms with Gasteiger partial charge < -0.3 is 10.2 Å². The van der Waals surface area contributed by atoms with E-state index in [1.165, 1.54) is 0 Å². The van der Waals surface area contributed by atoms with E-state index in [2.05, 4.69) is 10.5 Å². The van der Waals surface area contributed by atoms with Crippen molar-refractivity contribution >= 4 is 40.6 Å². The normalized spacial score (nSPS) is 20.2. The molecule has 2 aromatic carbocycles. The maximum Gasteiger partial charge on any atom is 0.220 e. The molecular formula is C24H24Cl2N2O3. The Labute approximate surface area is 191 Å². The van der Waals surface area contributed by atoms with E-state index in [0.717, 1.165) is 35.2 Å². The molecule has 1 aliphatic carbocycles. The van der Waals surface area contributed by atoms with Crippen LogP contribution in [0.3, 0.4) is 0 Å². The van der Waals surface area contributed by atoms with Gasteiger partial charge >= 0.3 is 0 Å². The van der Waals surface area contributed by atoms with Gasteiger partial charge in [-0.1, -0.05) is 40.5 Å². The minimum absolute atomic E-state index is 0.0296. The summed E-state index contributed by atoms with van der Waals surface area (Å²) in [6.07, 6.45) is 3.06. The van der Waals surface area contributed by atoms with Gasteiger partial charge in [0, 0.05) is 46.5 Å². The maximum absolute atomic E-state index is 12.6. The maximum atomic E-state index is 12.6. The Morgan fingerprint density at radius 1 is 1.13 bits per heavy atom. The van der Waals surface area contributed by atoms with Crippen LogP contribution in [-0.4, -0.2) is 23.4 Å². The Kier molecular flexibility index (Phi) is 6.09. The number of hydrogen-bond donors (Lipinski definition) is 1. The number of Topliss-reactive ketones (excluding diaryl/α,β-unsaturated/α-hetero) is 1. The van der Waals surface area contributed by atoms with Crippen molar-refractivity contribution in [2.45, 2.75) is 57.6 Å². The molecule has 31 heavy (non-hydrogen) atoms. The van der Waals surface area contributed by atoms with Crippen molar-refractivity contribution in [2.75, 3.05) is 0 Å². The third-order valence-electron chi connectivity index (χ3n) is 5.72. The summed E-state index contributed by atoms with van der Waals surface area (Å²) in [4.78, 5) is 30.2. The van der Waals surface area contributed by atoms with Crippen LogP contribution in [0, 0.1) is 6.92 Å². The molecule has 1 N–H and O–H groups in total. The van der Waals surface area contributed by atoms with Gasteiger partial charge in [0.15, 0.2) is 11.4 Å². The van der Waals surface area contributed by atoms with Gasteiger partial charge in [0.2, 0.25) is 5.91 Å². The number of halogens is 2. The smallest absolute Gasteiger partial charge is 0.220 e. The van der Waals surface area contributed by atoms with E-state index in [4.69, 9.17) is 28.0 Å². The van der Waals surface area contributed by atoms with E-state index in [1.54, 1.807) is 12.1 Å². The molecule has 5 nitrogen and oxygen atoms in total. The fraction of sp³-hybridized carbons (Fsp3) is 0.375. The molecule has 162 valence electrons. The number of aryl methyl sites for hydroxylation is 1. The molecule has 0 aromatic heterocycles. The van der Waals surface area contributed by atoms with Crippen LogP contribution in [0.5, 0.6) is 0 Å². The van der Waals surface area contributed by atoms with Crippen molar-refractivity contribution < 1.29 is 14.4 Å². The third-order valence-corrected chi connectivity index (χ3v) is 6.15. The molecule has 1 fully saturated rings. The lowest BCUT2D eigenvalue weighted by Gasteiger charge is -2.22. The Bertz CT molecular complexity index is 1060. The fourth-order valence-corrected chi connectivity index (χ4v) is 4.28. The highest BCUT2D eigenvalue weighted by Crippen LogP contribution is 2.38. The monoisotopic (exact) mass is 458 g/mol. The Balaban J connectivity index is 1.43. The zero-order chi connectivity index (χ0) is 22.2. The minimum atomic E-state index is -0.665. The van der Waals surface area contributed by atoms with Crippen LogP contribution in [0.15, 0.2) is 41.6 Å². The number of benzene rings is 2. The predicted molar refractivity (Wildman–Crippen MR) is 122 cm³/mol. The number of rotatable bonds is 7. The highest BCUT2D eigenvalue weighted by atomic mass is 35.5. The summed E-state index contributed by atoms with van der Waals surface area (Å²) >= 11 is 12.3. The Morgan fingerprint density at radius 2 is 1.84 bits per heavy atom. The number of nitrogens with zero attached hydrogens (tertiary/aromatic N) is 1. The van der Waals surface area contributed by atoms with Gasteiger partial charge in [-0.3, -0.25) is 9.59 Å². The average Bonchev–Trinajstić information content (AvgIpc) is 3.43. The van der Waals surface area contributed by atoms with Gasteiger partial charge in [-0.25, -0.2) is 0 Å². The van der Waals surface area contributed by atoms with Gasteiger partial charge in [0.05, 0.1) is 5.71 Å². The molecule has 1 amide bonds. The summed E-state index contributed by atoms with van der Waals surface area (Å²) in [5.41, 5.74) is 3.37. The quantitative estimate of drug-likeness (QED) is 0.550. The topological polar surface area (TPSA) is 67.8 Å². The molecule has 0 radical (unpaired) electrons. The molecule has 2 aliphatic rings. The fourth-order valence-electron chi connectivity index (χ4n) is 3.75. The first-order valence-corrected chi connectivity index (χ1v) is 11.1. The number of carbonyl (C=O) groups excluding carboxylic acids is 2. The molecule has 0 saturated heterocycles. The largest absolute Gasteiger partial charge is 0.384 e. The lowest BCUT2D eigenvalue weighted by Crippen LogP contribution is -2.25. The lowest BCUT2D eigenvalue weighted by atomic mass is 9.88. The molecular weight excluding hydrogens is 435 g/mol. The Hall–Kier alpha value is -2.37. The molecule has 1 atom stereocenters. The Morgan fingerprint density at radius 3 is 2.48 bits per heavy atom. The first-order chi connectivity index (χ1) is 14.7. The number of amides is 1. The van der Waals surface area contributed by atoms with Crippen molar-refractivity contribution in [1.29, 1.82) is 0 Å². The molecule has 4 rings (SSSR count). The van der Waals surface area contributed by atoms with E-state index >= 15 is 0 Å². The van der Waals surface area contributed by atoms with E-state index in [1.807, 2.05) is 38.1 Å². The number of carbonyl (C=O) groups is 2. The second-order valence-electron chi connectivity index (χ2n) is 8.49. The zero-order valence-electron chi connectivity index (χ0n) is 17.5.